The molecule has 0 aliphatic carbocycles. The third-order valence-corrected chi connectivity index (χ3v) is 3.64. The van der Waals surface area contributed by atoms with E-state index in [4.69, 9.17) is 0 Å². The van der Waals surface area contributed by atoms with Gasteiger partial charge in [0.25, 0.3) is 0 Å². The van der Waals surface area contributed by atoms with Crippen LogP contribution in [0.5, 0.6) is 0 Å². The second-order valence-corrected chi connectivity index (χ2v) is 5.45. The molecule has 5 heteroatoms. The van der Waals surface area contributed by atoms with Crippen molar-refractivity contribution in [3.63, 3.8) is 0 Å². The molecule has 0 amide bonds. The van der Waals surface area contributed by atoms with E-state index in [2.05, 4.69) is 24.4 Å². The molecule has 0 radical (unpaired) electrons. The van der Waals surface area contributed by atoms with E-state index in [1.54, 1.807) is 33.7 Å². The smallest absolute Gasteiger partial charge is 0.310 e. The van der Waals surface area contributed by atoms with Crippen LogP contribution in [0.1, 0.15) is 9.75 Å². The molecule has 0 aliphatic heterocycles. The van der Waals surface area contributed by atoms with Crippen LogP contribution in [0.25, 0.3) is 0 Å². The van der Waals surface area contributed by atoms with Crippen molar-refractivity contribution in [3.8, 4) is 0 Å². The van der Waals surface area contributed by atoms with Gasteiger partial charge in [-0.15, -0.1) is 11.3 Å². The van der Waals surface area contributed by atoms with Crippen LogP contribution < -0.4 is 11.0 Å². The summed E-state index contributed by atoms with van der Waals surface area (Å²) >= 11 is 1.81. The molecule has 17 heavy (non-hydrogen) atoms. The van der Waals surface area contributed by atoms with Gasteiger partial charge in [-0.05, 0) is 19.1 Å². The van der Waals surface area contributed by atoms with Crippen molar-refractivity contribution < 1.29 is 0 Å². The van der Waals surface area contributed by atoms with Crippen LogP contribution in [0.3, 0.4) is 0 Å². The lowest BCUT2D eigenvalue weighted by Crippen LogP contribution is -2.27. The molecular formula is C12H17N3OS. The second kappa shape index (κ2) is 5.33. The zero-order valence-corrected chi connectivity index (χ0v) is 11.0. The highest BCUT2D eigenvalue weighted by atomic mass is 32.1. The normalized spacial score (nSPS) is 10.9. The van der Waals surface area contributed by atoms with Crippen molar-refractivity contribution in [3.05, 3.63) is 44.8 Å². The first kappa shape index (κ1) is 12.1. The molecule has 0 aliphatic rings. The van der Waals surface area contributed by atoms with E-state index in [0.717, 1.165) is 13.1 Å². The number of rotatable bonds is 5. The molecule has 92 valence electrons. The number of hydrogen-bond acceptors (Lipinski definition) is 3. The highest BCUT2D eigenvalue weighted by Gasteiger charge is 1.99. The molecule has 2 rings (SSSR count). The highest BCUT2D eigenvalue weighted by molar-refractivity contribution is 7.11. The maximum Gasteiger partial charge on any atom is 0.327 e. The molecule has 0 bridgehead atoms. The summed E-state index contributed by atoms with van der Waals surface area (Å²) in [6, 6.07) is 4.27. The summed E-state index contributed by atoms with van der Waals surface area (Å²) in [4.78, 5) is 14.2. The van der Waals surface area contributed by atoms with Crippen molar-refractivity contribution in [2.24, 2.45) is 7.05 Å². The van der Waals surface area contributed by atoms with Crippen LogP contribution in [0.15, 0.2) is 29.3 Å². The lowest BCUT2D eigenvalue weighted by atomic mass is 10.4. The highest BCUT2D eigenvalue weighted by Crippen LogP contribution is 2.14. The lowest BCUT2D eigenvalue weighted by molar-refractivity contribution is 0.580. The van der Waals surface area contributed by atoms with Crippen LogP contribution >= 0.6 is 11.3 Å². The van der Waals surface area contributed by atoms with Crippen molar-refractivity contribution in [2.75, 3.05) is 6.54 Å². The van der Waals surface area contributed by atoms with Crippen molar-refractivity contribution in [2.45, 2.75) is 20.0 Å². The molecule has 0 atom stereocenters. The average Bonchev–Trinajstić information content (AvgIpc) is 2.84. The van der Waals surface area contributed by atoms with Gasteiger partial charge >= 0.3 is 5.69 Å². The monoisotopic (exact) mass is 251 g/mol. The van der Waals surface area contributed by atoms with Crippen LogP contribution in [-0.4, -0.2) is 15.7 Å². The summed E-state index contributed by atoms with van der Waals surface area (Å²) in [6.45, 7) is 4.50. The molecule has 0 unspecified atom stereocenters. The Labute approximate surface area is 105 Å². The zero-order chi connectivity index (χ0) is 12.3. The fourth-order valence-corrected chi connectivity index (χ4v) is 2.53. The minimum Gasteiger partial charge on any atom is -0.310 e. The number of thiophene rings is 1. The predicted octanol–water partition coefficient (Wildman–Crippen LogP) is 1.35. The van der Waals surface area contributed by atoms with E-state index in [9.17, 15) is 4.79 Å². The second-order valence-electron chi connectivity index (χ2n) is 4.07. The first-order valence-corrected chi connectivity index (χ1v) is 6.46. The van der Waals surface area contributed by atoms with Crippen molar-refractivity contribution in [1.29, 1.82) is 0 Å². The Balaban J connectivity index is 1.77. The summed E-state index contributed by atoms with van der Waals surface area (Å²) in [5.74, 6) is 0. The zero-order valence-electron chi connectivity index (χ0n) is 10.1. The quantitative estimate of drug-likeness (QED) is 0.815. The molecular weight excluding hydrogens is 234 g/mol. The van der Waals surface area contributed by atoms with E-state index >= 15 is 0 Å². The lowest BCUT2D eigenvalue weighted by Gasteiger charge is -2.03. The van der Waals surface area contributed by atoms with Gasteiger partial charge in [0.05, 0.1) is 0 Å². The first-order chi connectivity index (χ1) is 8.16. The van der Waals surface area contributed by atoms with E-state index in [0.29, 0.717) is 6.54 Å². The summed E-state index contributed by atoms with van der Waals surface area (Å²) in [5.41, 5.74) is 0.0405. The standard InChI is InChI=1S/C12H17N3OS/c1-10-3-4-11(17-10)9-13-5-6-15-8-7-14(2)12(15)16/h3-4,7-8,13H,5-6,9H2,1-2H3. The largest absolute Gasteiger partial charge is 0.327 e. The summed E-state index contributed by atoms with van der Waals surface area (Å²) < 4.78 is 3.30. The Morgan fingerprint density at radius 3 is 2.76 bits per heavy atom. The Morgan fingerprint density at radius 2 is 2.18 bits per heavy atom. The molecule has 0 fully saturated rings. The molecule has 2 heterocycles. The van der Waals surface area contributed by atoms with Crippen LogP contribution in [0.4, 0.5) is 0 Å². The van der Waals surface area contributed by atoms with Crippen molar-refractivity contribution >= 4 is 11.3 Å². The van der Waals surface area contributed by atoms with Gasteiger partial charge in [-0.25, -0.2) is 4.79 Å². The van der Waals surface area contributed by atoms with E-state index in [-0.39, 0.29) is 5.69 Å². The molecule has 1 N–H and O–H groups in total. The summed E-state index contributed by atoms with van der Waals surface area (Å²) in [5, 5.41) is 3.34. The molecule has 0 saturated heterocycles. The molecule has 2 aromatic heterocycles. The third-order valence-electron chi connectivity index (χ3n) is 2.64. The molecule has 0 aromatic carbocycles. The number of aryl methyl sites for hydroxylation is 2. The van der Waals surface area contributed by atoms with Gasteiger partial charge in [-0.2, -0.15) is 0 Å². The van der Waals surface area contributed by atoms with Crippen LogP contribution in [-0.2, 0) is 20.1 Å². The predicted molar refractivity (Wildman–Crippen MR) is 70.4 cm³/mol. The number of imidazole rings is 1. The van der Waals surface area contributed by atoms with Gasteiger partial charge in [0, 0.05) is 48.8 Å². The maximum absolute atomic E-state index is 11.5. The minimum absolute atomic E-state index is 0.0405. The molecule has 0 spiro atoms. The van der Waals surface area contributed by atoms with E-state index in [1.165, 1.54) is 9.75 Å². The molecule has 2 aromatic rings. The first-order valence-electron chi connectivity index (χ1n) is 5.64. The Morgan fingerprint density at radius 1 is 1.35 bits per heavy atom. The molecule has 4 nitrogen and oxygen atoms in total. The van der Waals surface area contributed by atoms with Gasteiger partial charge in [0.1, 0.15) is 0 Å². The van der Waals surface area contributed by atoms with E-state index < -0.39 is 0 Å². The number of nitrogens with zero attached hydrogens (tertiary/aromatic N) is 2. The fraction of sp³-hybridized carbons (Fsp3) is 0.417. The average molecular weight is 251 g/mol. The van der Waals surface area contributed by atoms with Gasteiger partial charge < -0.3 is 9.88 Å². The number of nitrogens with one attached hydrogen (secondary N) is 1. The van der Waals surface area contributed by atoms with Gasteiger partial charge in [0.2, 0.25) is 0 Å². The SMILES string of the molecule is Cc1ccc(CNCCn2ccn(C)c2=O)s1. The summed E-state index contributed by atoms with van der Waals surface area (Å²) in [7, 11) is 1.76. The Hall–Kier alpha value is -1.33. The molecule has 0 saturated carbocycles. The number of aromatic nitrogens is 2. The third kappa shape index (κ3) is 3.08. The topological polar surface area (TPSA) is 39.0 Å². The van der Waals surface area contributed by atoms with Gasteiger partial charge in [-0.1, -0.05) is 0 Å². The fourth-order valence-electron chi connectivity index (χ4n) is 1.67. The van der Waals surface area contributed by atoms with Gasteiger partial charge in [-0.3, -0.25) is 4.57 Å². The number of hydrogen-bond donors (Lipinski definition) is 1. The van der Waals surface area contributed by atoms with Gasteiger partial charge in [0.15, 0.2) is 0 Å². The minimum atomic E-state index is 0.0405. The van der Waals surface area contributed by atoms with Crippen molar-refractivity contribution in [1.82, 2.24) is 14.5 Å². The van der Waals surface area contributed by atoms with E-state index in [1.807, 2.05) is 6.20 Å². The van der Waals surface area contributed by atoms with Crippen LogP contribution in [0, 0.1) is 6.92 Å². The Kier molecular flexibility index (Phi) is 3.81. The summed E-state index contributed by atoms with van der Waals surface area (Å²) in [6.07, 6.45) is 3.60. The van der Waals surface area contributed by atoms with Crippen LogP contribution in [0.2, 0.25) is 0 Å². The Bertz CT molecular complexity index is 538. The maximum atomic E-state index is 11.5.